The first-order valence-electron chi connectivity index (χ1n) is 6.81. The van der Waals surface area contributed by atoms with Crippen molar-refractivity contribution in [3.63, 3.8) is 0 Å². The van der Waals surface area contributed by atoms with E-state index >= 15 is 0 Å². The monoisotopic (exact) mass is 290 g/mol. The summed E-state index contributed by atoms with van der Waals surface area (Å²) < 4.78 is 4.03. The van der Waals surface area contributed by atoms with Crippen LogP contribution in [0.4, 0.5) is 0 Å². The number of aromatic nitrogens is 6. The largest absolute Gasteiger partial charge is 0.335 e. The van der Waals surface area contributed by atoms with Crippen LogP contribution < -0.4 is 0 Å². The summed E-state index contributed by atoms with van der Waals surface area (Å²) in [4.78, 5) is 5.11. The molecular formula is C13H18N6S. The summed E-state index contributed by atoms with van der Waals surface area (Å²) in [6.45, 7) is 7.26. The average Bonchev–Trinajstić information content (AvgIpc) is 3.04. The highest BCUT2D eigenvalue weighted by molar-refractivity contribution is 7.16. The summed E-state index contributed by atoms with van der Waals surface area (Å²) in [7, 11) is 0. The van der Waals surface area contributed by atoms with Gasteiger partial charge < -0.3 is 4.57 Å². The number of hydrogen-bond donors (Lipinski definition) is 0. The Balaban J connectivity index is 1.76. The van der Waals surface area contributed by atoms with E-state index in [4.69, 9.17) is 0 Å². The van der Waals surface area contributed by atoms with E-state index in [9.17, 15) is 0 Å². The van der Waals surface area contributed by atoms with Gasteiger partial charge in [-0.25, -0.2) is 4.98 Å². The summed E-state index contributed by atoms with van der Waals surface area (Å²) in [5.41, 5.74) is 0. The Morgan fingerprint density at radius 3 is 2.85 bits per heavy atom. The lowest BCUT2D eigenvalue weighted by Crippen LogP contribution is -2.04. The Kier molecular flexibility index (Phi) is 3.52. The van der Waals surface area contributed by atoms with Gasteiger partial charge in [-0.2, -0.15) is 9.61 Å². The van der Waals surface area contributed by atoms with Gasteiger partial charge in [-0.05, 0) is 12.8 Å². The van der Waals surface area contributed by atoms with Crippen molar-refractivity contribution < 1.29 is 0 Å². The van der Waals surface area contributed by atoms with Crippen LogP contribution in [-0.4, -0.2) is 29.4 Å². The first-order chi connectivity index (χ1) is 9.63. The van der Waals surface area contributed by atoms with Crippen molar-refractivity contribution in [2.45, 2.75) is 40.2 Å². The average molecular weight is 290 g/mol. The molecule has 0 saturated carbocycles. The molecule has 0 unspecified atom stereocenters. The van der Waals surface area contributed by atoms with Gasteiger partial charge in [0, 0.05) is 31.8 Å². The zero-order chi connectivity index (χ0) is 14.1. The molecule has 0 amide bonds. The topological polar surface area (TPSA) is 60.9 Å². The summed E-state index contributed by atoms with van der Waals surface area (Å²) in [6.07, 6.45) is 5.63. The van der Waals surface area contributed by atoms with Crippen molar-refractivity contribution in [2.24, 2.45) is 5.92 Å². The second kappa shape index (κ2) is 5.32. The molecule has 20 heavy (non-hydrogen) atoms. The van der Waals surface area contributed by atoms with Crippen LogP contribution in [0.1, 0.15) is 30.5 Å². The molecular weight excluding hydrogens is 272 g/mol. The maximum absolute atomic E-state index is 4.63. The van der Waals surface area contributed by atoms with E-state index in [1.54, 1.807) is 11.3 Å². The lowest BCUT2D eigenvalue weighted by molar-refractivity contribution is 0.602. The van der Waals surface area contributed by atoms with E-state index in [0.29, 0.717) is 5.92 Å². The lowest BCUT2D eigenvalue weighted by Gasteiger charge is -2.02. The van der Waals surface area contributed by atoms with Crippen molar-refractivity contribution in [1.29, 1.82) is 0 Å². The third kappa shape index (κ3) is 2.58. The van der Waals surface area contributed by atoms with E-state index in [1.165, 1.54) is 0 Å². The minimum atomic E-state index is 0.557. The predicted octanol–water partition coefficient (Wildman–Crippen LogP) is 2.13. The van der Waals surface area contributed by atoms with Crippen molar-refractivity contribution in [3.05, 3.63) is 29.1 Å². The van der Waals surface area contributed by atoms with E-state index in [-0.39, 0.29) is 0 Å². The smallest absolute Gasteiger partial charge is 0.234 e. The molecule has 7 heteroatoms. The van der Waals surface area contributed by atoms with Crippen molar-refractivity contribution in [3.8, 4) is 0 Å². The molecule has 3 rings (SSSR count). The van der Waals surface area contributed by atoms with Gasteiger partial charge in [0.2, 0.25) is 4.96 Å². The molecule has 0 aliphatic rings. The summed E-state index contributed by atoms with van der Waals surface area (Å²) >= 11 is 1.62. The molecule has 0 atom stereocenters. The van der Waals surface area contributed by atoms with Crippen LogP contribution in [0.5, 0.6) is 0 Å². The van der Waals surface area contributed by atoms with Gasteiger partial charge in [0.15, 0.2) is 5.82 Å². The Hall–Kier alpha value is -1.76. The van der Waals surface area contributed by atoms with Crippen LogP contribution in [-0.2, 0) is 19.4 Å². The first kappa shape index (κ1) is 13.2. The highest BCUT2D eigenvalue weighted by Crippen LogP contribution is 2.16. The SMILES string of the molecule is Cc1nccn1CCc1nn2c(CC(C)C)nnc2s1. The molecule has 0 aliphatic heterocycles. The molecule has 0 fully saturated rings. The fraction of sp³-hybridized carbons (Fsp3) is 0.538. The van der Waals surface area contributed by atoms with Gasteiger partial charge in [0.1, 0.15) is 10.8 Å². The second-order valence-electron chi connectivity index (χ2n) is 5.32. The molecule has 3 aromatic heterocycles. The number of fused-ring (bicyclic) bond motifs is 1. The van der Waals surface area contributed by atoms with E-state index in [0.717, 1.165) is 41.0 Å². The van der Waals surface area contributed by atoms with E-state index < -0.39 is 0 Å². The molecule has 0 radical (unpaired) electrons. The fourth-order valence-corrected chi connectivity index (χ4v) is 2.99. The summed E-state index contributed by atoms with van der Waals surface area (Å²) in [5.74, 6) is 2.55. The molecule has 0 aromatic carbocycles. The quantitative estimate of drug-likeness (QED) is 0.722. The third-order valence-electron chi connectivity index (χ3n) is 3.18. The van der Waals surface area contributed by atoms with Gasteiger partial charge in [-0.1, -0.05) is 25.2 Å². The number of nitrogens with zero attached hydrogens (tertiary/aromatic N) is 6. The third-order valence-corrected chi connectivity index (χ3v) is 4.14. The van der Waals surface area contributed by atoms with Crippen molar-refractivity contribution >= 4 is 16.3 Å². The summed E-state index contributed by atoms with van der Waals surface area (Å²) in [6, 6.07) is 0. The maximum atomic E-state index is 4.63. The first-order valence-corrected chi connectivity index (χ1v) is 7.63. The number of aryl methyl sites for hydroxylation is 3. The van der Waals surface area contributed by atoms with Gasteiger partial charge in [0.05, 0.1) is 0 Å². The Morgan fingerprint density at radius 2 is 2.15 bits per heavy atom. The van der Waals surface area contributed by atoms with Gasteiger partial charge >= 0.3 is 0 Å². The van der Waals surface area contributed by atoms with Crippen LogP contribution >= 0.6 is 11.3 Å². The van der Waals surface area contributed by atoms with Crippen LogP contribution in [0.2, 0.25) is 0 Å². The fourth-order valence-electron chi connectivity index (χ4n) is 2.15. The number of hydrogen-bond acceptors (Lipinski definition) is 5. The molecule has 6 nitrogen and oxygen atoms in total. The Morgan fingerprint density at radius 1 is 1.30 bits per heavy atom. The summed E-state index contributed by atoms with van der Waals surface area (Å²) in [5, 5.41) is 14.1. The normalized spacial score (nSPS) is 11.8. The zero-order valence-corrected chi connectivity index (χ0v) is 12.8. The maximum Gasteiger partial charge on any atom is 0.234 e. The minimum absolute atomic E-state index is 0.557. The lowest BCUT2D eigenvalue weighted by atomic mass is 10.1. The molecule has 3 heterocycles. The van der Waals surface area contributed by atoms with Crippen molar-refractivity contribution in [2.75, 3.05) is 0 Å². The van der Waals surface area contributed by atoms with Gasteiger partial charge in [-0.15, -0.1) is 10.2 Å². The molecule has 3 aromatic rings. The highest BCUT2D eigenvalue weighted by Gasteiger charge is 2.12. The predicted molar refractivity (Wildman–Crippen MR) is 77.9 cm³/mol. The van der Waals surface area contributed by atoms with Crippen LogP contribution in [0.25, 0.3) is 4.96 Å². The molecule has 106 valence electrons. The van der Waals surface area contributed by atoms with Crippen molar-refractivity contribution in [1.82, 2.24) is 29.4 Å². The van der Waals surface area contributed by atoms with Gasteiger partial charge in [-0.3, -0.25) is 0 Å². The van der Waals surface area contributed by atoms with Gasteiger partial charge in [0.25, 0.3) is 0 Å². The van der Waals surface area contributed by atoms with E-state index in [2.05, 4.69) is 38.7 Å². The standard InChI is InChI=1S/C13H18N6S/c1-9(2)8-11-15-16-13-19(11)17-12(20-13)4-6-18-7-5-14-10(18)3/h5,7,9H,4,6,8H2,1-3H3. The molecule has 0 N–H and O–H groups in total. The van der Waals surface area contributed by atoms with Crippen LogP contribution in [0, 0.1) is 12.8 Å². The zero-order valence-electron chi connectivity index (χ0n) is 11.9. The molecule has 0 bridgehead atoms. The van der Waals surface area contributed by atoms with E-state index in [1.807, 2.05) is 23.8 Å². The van der Waals surface area contributed by atoms with Crippen LogP contribution in [0.15, 0.2) is 12.4 Å². The molecule has 0 aliphatic carbocycles. The Bertz CT molecular complexity index is 707. The highest BCUT2D eigenvalue weighted by atomic mass is 32.1. The Labute approximate surface area is 121 Å². The number of rotatable bonds is 5. The molecule has 0 saturated heterocycles. The molecule has 0 spiro atoms. The second-order valence-corrected chi connectivity index (χ2v) is 6.36. The number of imidazole rings is 1. The minimum Gasteiger partial charge on any atom is -0.335 e. The van der Waals surface area contributed by atoms with Crippen LogP contribution in [0.3, 0.4) is 0 Å².